The van der Waals surface area contributed by atoms with Crippen LogP contribution in [0.4, 0.5) is 15.9 Å². The van der Waals surface area contributed by atoms with Crippen LogP contribution in [0.25, 0.3) is 10.9 Å². The fourth-order valence-corrected chi connectivity index (χ4v) is 5.76. The van der Waals surface area contributed by atoms with Gasteiger partial charge in [-0.1, -0.05) is 35.9 Å². The highest BCUT2D eigenvalue weighted by Crippen LogP contribution is 2.30. The van der Waals surface area contributed by atoms with E-state index in [1.165, 1.54) is 23.5 Å². The number of hydrogen-bond donors (Lipinski definition) is 1. The van der Waals surface area contributed by atoms with Crippen LogP contribution in [0.2, 0.25) is 5.02 Å². The van der Waals surface area contributed by atoms with E-state index in [2.05, 4.69) is 15.3 Å². The minimum Gasteiger partial charge on any atom is -0.339 e. The Morgan fingerprint density at radius 1 is 1.14 bits per heavy atom. The molecule has 0 atom stereocenters. The molecule has 0 aliphatic carbocycles. The van der Waals surface area contributed by atoms with Crippen LogP contribution in [-0.4, -0.2) is 40.6 Å². The molecular formula is C25H23ClFN5O2S. The molecule has 180 valence electrons. The van der Waals surface area contributed by atoms with Crippen molar-refractivity contribution in [2.75, 3.05) is 18.9 Å². The Balaban J connectivity index is 1.35. The monoisotopic (exact) mass is 511 g/mol. The van der Waals surface area contributed by atoms with Gasteiger partial charge in [-0.3, -0.25) is 4.98 Å². The molecule has 0 unspecified atom stereocenters. The summed E-state index contributed by atoms with van der Waals surface area (Å²) in [5.41, 5.74) is 3.69. The predicted molar refractivity (Wildman–Crippen MR) is 135 cm³/mol. The van der Waals surface area contributed by atoms with E-state index in [-0.39, 0.29) is 30.2 Å². The number of hydrogen-bond acceptors (Lipinski definition) is 5. The predicted octanol–water partition coefficient (Wildman–Crippen LogP) is 4.90. The minimum atomic E-state index is -3.84. The largest absolute Gasteiger partial charge is 0.339 e. The summed E-state index contributed by atoms with van der Waals surface area (Å²) in [5.74, 6) is 0.150. The van der Waals surface area contributed by atoms with E-state index in [4.69, 9.17) is 11.6 Å². The van der Waals surface area contributed by atoms with Crippen molar-refractivity contribution in [3.63, 3.8) is 0 Å². The van der Waals surface area contributed by atoms with Gasteiger partial charge in [-0.2, -0.15) is 17.0 Å². The Morgan fingerprint density at radius 3 is 2.80 bits per heavy atom. The molecule has 0 fully saturated rings. The highest BCUT2D eigenvalue weighted by Gasteiger charge is 2.32. The Hall–Kier alpha value is -3.11. The summed E-state index contributed by atoms with van der Waals surface area (Å²) < 4.78 is 43.3. The van der Waals surface area contributed by atoms with Crippen molar-refractivity contribution in [3.05, 3.63) is 94.5 Å². The van der Waals surface area contributed by atoms with Gasteiger partial charge in [-0.15, -0.1) is 0 Å². The fraction of sp³-hybridized carbons (Fsp3) is 0.200. The molecular weight excluding hydrogens is 489 g/mol. The quantitative estimate of drug-likeness (QED) is 0.398. The second-order valence-electron chi connectivity index (χ2n) is 8.39. The lowest BCUT2D eigenvalue weighted by atomic mass is 10.0. The molecule has 0 saturated heterocycles. The summed E-state index contributed by atoms with van der Waals surface area (Å²) in [7, 11) is -2.41. The summed E-state index contributed by atoms with van der Waals surface area (Å²) in [6.45, 7) is 0.316. The van der Waals surface area contributed by atoms with E-state index in [1.807, 2.05) is 36.4 Å². The zero-order valence-electron chi connectivity index (χ0n) is 18.9. The lowest BCUT2D eigenvalue weighted by Crippen LogP contribution is -2.44. The first-order chi connectivity index (χ1) is 16.8. The van der Waals surface area contributed by atoms with Crippen molar-refractivity contribution in [2.24, 2.45) is 0 Å². The van der Waals surface area contributed by atoms with E-state index in [9.17, 15) is 12.8 Å². The van der Waals surface area contributed by atoms with E-state index >= 15 is 0 Å². The number of para-hydroxylation sites is 1. The van der Waals surface area contributed by atoms with Crippen LogP contribution in [-0.2, 0) is 29.7 Å². The molecule has 10 heteroatoms. The SMILES string of the molecule is CN(Cc1c(F)cccc1Cl)S(=O)(=O)N1CCc2c(ccnc2Nc2cnc3ccccc3c2)C1. The van der Waals surface area contributed by atoms with Crippen LogP contribution in [0.15, 0.2) is 67.0 Å². The number of halogens is 2. The molecule has 1 aliphatic heterocycles. The topological polar surface area (TPSA) is 78.4 Å². The second-order valence-corrected chi connectivity index (χ2v) is 10.8. The lowest BCUT2D eigenvalue weighted by molar-refractivity contribution is 0.340. The van der Waals surface area contributed by atoms with Gasteiger partial charge in [-0.05, 0) is 42.3 Å². The average Bonchev–Trinajstić information content (AvgIpc) is 2.86. The van der Waals surface area contributed by atoms with Crippen molar-refractivity contribution in [1.82, 2.24) is 18.6 Å². The van der Waals surface area contributed by atoms with Crippen molar-refractivity contribution < 1.29 is 12.8 Å². The summed E-state index contributed by atoms with van der Waals surface area (Å²) in [6, 6.07) is 16.0. The molecule has 0 radical (unpaired) electrons. The normalized spacial score (nSPS) is 14.3. The fourth-order valence-electron chi connectivity index (χ4n) is 4.23. The van der Waals surface area contributed by atoms with Gasteiger partial charge in [0.25, 0.3) is 10.2 Å². The van der Waals surface area contributed by atoms with Gasteiger partial charge in [0.2, 0.25) is 0 Å². The number of fused-ring (bicyclic) bond motifs is 2. The van der Waals surface area contributed by atoms with Crippen molar-refractivity contribution >= 4 is 44.2 Å². The zero-order chi connectivity index (χ0) is 24.6. The first-order valence-corrected chi connectivity index (χ1v) is 12.8. The van der Waals surface area contributed by atoms with E-state index in [0.717, 1.165) is 32.0 Å². The van der Waals surface area contributed by atoms with Gasteiger partial charge >= 0.3 is 0 Å². The molecule has 7 nitrogen and oxygen atoms in total. The van der Waals surface area contributed by atoms with E-state index < -0.39 is 16.0 Å². The molecule has 2 aromatic heterocycles. The van der Waals surface area contributed by atoms with Gasteiger partial charge in [0.15, 0.2) is 0 Å². The Kier molecular flexibility index (Phi) is 6.41. The van der Waals surface area contributed by atoms with Crippen LogP contribution in [0, 0.1) is 5.82 Å². The molecule has 0 amide bonds. The van der Waals surface area contributed by atoms with Crippen LogP contribution < -0.4 is 5.32 Å². The Labute approximate surface area is 208 Å². The number of pyridine rings is 2. The molecule has 3 heterocycles. The van der Waals surface area contributed by atoms with Gasteiger partial charge in [0.1, 0.15) is 11.6 Å². The Bertz CT molecular complexity index is 1500. The molecule has 4 aromatic rings. The molecule has 5 rings (SSSR count). The van der Waals surface area contributed by atoms with E-state index in [1.54, 1.807) is 18.5 Å². The summed E-state index contributed by atoms with van der Waals surface area (Å²) >= 11 is 6.10. The third-order valence-corrected chi connectivity index (χ3v) is 8.36. The third-order valence-electron chi connectivity index (χ3n) is 6.13. The number of nitrogens with zero attached hydrogens (tertiary/aromatic N) is 4. The molecule has 1 N–H and O–H groups in total. The molecule has 1 aliphatic rings. The molecule has 35 heavy (non-hydrogen) atoms. The molecule has 2 aromatic carbocycles. The maximum Gasteiger partial charge on any atom is 0.282 e. The smallest absolute Gasteiger partial charge is 0.282 e. The van der Waals surface area contributed by atoms with Gasteiger partial charge < -0.3 is 5.32 Å². The van der Waals surface area contributed by atoms with Crippen LogP contribution in [0.3, 0.4) is 0 Å². The summed E-state index contributed by atoms with van der Waals surface area (Å²) in [4.78, 5) is 8.97. The summed E-state index contributed by atoms with van der Waals surface area (Å²) in [5, 5.41) is 4.54. The second kappa shape index (κ2) is 9.50. The maximum atomic E-state index is 14.2. The van der Waals surface area contributed by atoms with E-state index in [0.29, 0.717) is 12.2 Å². The van der Waals surface area contributed by atoms with Crippen LogP contribution in [0.1, 0.15) is 16.7 Å². The Morgan fingerprint density at radius 2 is 1.97 bits per heavy atom. The number of rotatable bonds is 6. The summed E-state index contributed by atoms with van der Waals surface area (Å²) in [6.07, 6.45) is 3.90. The van der Waals surface area contributed by atoms with Crippen molar-refractivity contribution in [1.29, 1.82) is 0 Å². The zero-order valence-corrected chi connectivity index (χ0v) is 20.5. The van der Waals surface area contributed by atoms with Crippen molar-refractivity contribution in [2.45, 2.75) is 19.5 Å². The van der Waals surface area contributed by atoms with Crippen molar-refractivity contribution in [3.8, 4) is 0 Å². The highest BCUT2D eigenvalue weighted by molar-refractivity contribution is 7.86. The molecule has 0 bridgehead atoms. The highest BCUT2D eigenvalue weighted by atomic mass is 35.5. The average molecular weight is 512 g/mol. The minimum absolute atomic E-state index is 0.150. The molecule has 0 saturated carbocycles. The molecule has 0 spiro atoms. The maximum absolute atomic E-state index is 14.2. The number of anilines is 2. The number of nitrogens with one attached hydrogen (secondary N) is 1. The number of benzene rings is 2. The first kappa shape index (κ1) is 23.6. The van der Waals surface area contributed by atoms with Gasteiger partial charge in [0.05, 0.1) is 17.4 Å². The van der Waals surface area contributed by atoms with Gasteiger partial charge in [0, 0.05) is 54.4 Å². The van der Waals surface area contributed by atoms with Gasteiger partial charge in [-0.25, -0.2) is 9.37 Å². The third kappa shape index (κ3) is 4.72. The number of aromatic nitrogens is 2. The van der Waals surface area contributed by atoms with Crippen LogP contribution in [0.5, 0.6) is 0 Å². The standard InChI is InChI=1S/C25H23ClFN5O2S/c1-31(16-21-22(26)6-4-7-23(21)27)35(33,34)32-12-10-20-18(15-32)9-11-28-25(20)30-19-13-17-5-2-3-8-24(17)29-14-19/h2-9,11,13-14H,10,12,15-16H2,1H3,(H,28,30). The van der Waals surface area contributed by atoms with Crippen LogP contribution >= 0.6 is 11.6 Å². The first-order valence-electron chi connectivity index (χ1n) is 11.1. The lowest BCUT2D eigenvalue weighted by Gasteiger charge is -2.32.